The lowest BCUT2D eigenvalue weighted by molar-refractivity contribution is -0.138. The molecule has 7 heteroatoms. The summed E-state index contributed by atoms with van der Waals surface area (Å²) in [5.41, 5.74) is -1.40. The van der Waals surface area contributed by atoms with E-state index >= 15 is 0 Å². The van der Waals surface area contributed by atoms with E-state index in [1.165, 1.54) is 0 Å². The fraction of sp³-hybridized carbons (Fsp3) is 0.357. The van der Waals surface area contributed by atoms with Crippen molar-refractivity contribution in [3.05, 3.63) is 29.3 Å². The summed E-state index contributed by atoms with van der Waals surface area (Å²) >= 11 is 0. The summed E-state index contributed by atoms with van der Waals surface area (Å²) in [6.45, 7) is 4.24. The minimum absolute atomic E-state index is 0.0441. The zero-order chi connectivity index (χ0) is 16.2. The number of amides is 1. The van der Waals surface area contributed by atoms with Crippen molar-refractivity contribution < 1.29 is 28.2 Å². The van der Waals surface area contributed by atoms with E-state index in [0.717, 1.165) is 18.2 Å². The van der Waals surface area contributed by atoms with Gasteiger partial charge in [0.1, 0.15) is 5.56 Å². The molecule has 1 aromatic rings. The molecular weight excluding hydrogens is 287 g/mol. The van der Waals surface area contributed by atoms with Gasteiger partial charge in [-0.05, 0) is 29.7 Å². The Bertz CT molecular complexity index is 551. The molecule has 4 nitrogen and oxygen atoms in total. The Morgan fingerprint density at radius 3 is 2.48 bits per heavy atom. The number of hydrogen-bond donors (Lipinski definition) is 3. The first kappa shape index (κ1) is 16.9. The first-order valence-electron chi connectivity index (χ1n) is 6.20. The molecule has 0 atom stereocenters. The van der Waals surface area contributed by atoms with Crippen molar-refractivity contribution in [2.75, 3.05) is 6.54 Å². The summed E-state index contributed by atoms with van der Waals surface area (Å²) in [5.74, 6) is -2.34. The molecule has 0 saturated heterocycles. The largest absolute Gasteiger partial charge is 0.504 e. The summed E-state index contributed by atoms with van der Waals surface area (Å²) in [4.78, 5) is 11.4. The van der Waals surface area contributed by atoms with Gasteiger partial charge in [0.25, 0.3) is 0 Å². The molecule has 0 unspecified atom stereocenters. The Hall–Kier alpha value is -2.18. The highest BCUT2D eigenvalue weighted by Gasteiger charge is 2.35. The summed E-state index contributed by atoms with van der Waals surface area (Å²) in [7, 11) is 0. The number of alkyl halides is 3. The van der Waals surface area contributed by atoms with Crippen LogP contribution in [0.15, 0.2) is 18.2 Å². The van der Waals surface area contributed by atoms with Crippen LogP contribution in [0.4, 0.5) is 13.2 Å². The van der Waals surface area contributed by atoms with E-state index in [2.05, 4.69) is 5.32 Å². The van der Waals surface area contributed by atoms with Gasteiger partial charge in [-0.25, -0.2) is 0 Å². The van der Waals surface area contributed by atoms with Gasteiger partial charge in [-0.3, -0.25) is 4.79 Å². The Morgan fingerprint density at radius 2 is 1.95 bits per heavy atom. The van der Waals surface area contributed by atoms with E-state index in [-0.39, 0.29) is 11.5 Å². The monoisotopic (exact) mass is 303 g/mol. The fourth-order valence-electron chi connectivity index (χ4n) is 1.49. The van der Waals surface area contributed by atoms with E-state index in [4.69, 9.17) is 0 Å². The number of rotatable bonds is 4. The first-order valence-corrected chi connectivity index (χ1v) is 6.20. The van der Waals surface area contributed by atoms with Crippen LogP contribution in [-0.4, -0.2) is 22.7 Å². The smallest absolute Gasteiger partial charge is 0.420 e. The van der Waals surface area contributed by atoms with Gasteiger partial charge in [-0.15, -0.1) is 0 Å². The molecule has 0 bridgehead atoms. The third kappa shape index (κ3) is 5.02. The fourth-order valence-corrected chi connectivity index (χ4v) is 1.49. The third-order valence-corrected chi connectivity index (χ3v) is 2.53. The van der Waals surface area contributed by atoms with Crippen LogP contribution in [0.5, 0.6) is 11.5 Å². The van der Waals surface area contributed by atoms with Gasteiger partial charge in [0, 0.05) is 12.6 Å². The van der Waals surface area contributed by atoms with Gasteiger partial charge in [0.05, 0.1) is 0 Å². The van der Waals surface area contributed by atoms with Crippen LogP contribution in [0, 0.1) is 5.92 Å². The normalized spacial score (nSPS) is 12.1. The molecule has 0 aliphatic carbocycles. The number of nitrogens with one attached hydrogen (secondary N) is 1. The average molecular weight is 303 g/mol. The highest BCUT2D eigenvalue weighted by Crippen LogP contribution is 2.41. The first-order chi connectivity index (χ1) is 9.61. The lowest BCUT2D eigenvalue weighted by Gasteiger charge is -2.11. The summed E-state index contributed by atoms with van der Waals surface area (Å²) in [5, 5.41) is 21.1. The van der Waals surface area contributed by atoms with Crippen molar-refractivity contribution >= 4 is 12.0 Å². The maximum absolute atomic E-state index is 12.6. The molecule has 0 aliphatic rings. The van der Waals surface area contributed by atoms with E-state index in [0.29, 0.717) is 12.6 Å². The summed E-state index contributed by atoms with van der Waals surface area (Å²) < 4.78 is 37.9. The van der Waals surface area contributed by atoms with Crippen LogP contribution in [0.2, 0.25) is 0 Å². The van der Waals surface area contributed by atoms with Crippen LogP contribution in [0.3, 0.4) is 0 Å². The maximum Gasteiger partial charge on any atom is 0.420 e. The predicted molar refractivity (Wildman–Crippen MR) is 71.7 cm³/mol. The molecule has 0 spiro atoms. The molecule has 21 heavy (non-hydrogen) atoms. The van der Waals surface area contributed by atoms with Gasteiger partial charge >= 0.3 is 6.18 Å². The van der Waals surface area contributed by atoms with Crippen molar-refractivity contribution in [2.24, 2.45) is 5.92 Å². The number of phenolic OH excluding ortho intramolecular Hbond substituents is 2. The minimum Gasteiger partial charge on any atom is -0.504 e. The van der Waals surface area contributed by atoms with Crippen molar-refractivity contribution in [3.63, 3.8) is 0 Å². The quantitative estimate of drug-likeness (QED) is 0.592. The lowest BCUT2D eigenvalue weighted by atomic mass is 10.1. The Morgan fingerprint density at radius 1 is 1.33 bits per heavy atom. The van der Waals surface area contributed by atoms with Gasteiger partial charge in [-0.1, -0.05) is 13.8 Å². The molecule has 116 valence electrons. The molecule has 1 rings (SSSR count). The molecule has 0 saturated carbocycles. The lowest BCUT2D eigenvalue weighted by Crippen LogP contribution is -2.25. The van der Waals surface area contributed by atoms with Crippen molar-refractivity contribution in [2.45, 2.75) is 20.0 Å². The van der Waals surface area contributed by atoms with Gasteiger partial charge in [0.2, 0.25) is 5.91 Å². The van der Waals surface area contributed by atoms with E-state index in [1.54, 1.807) is 0 Å². The highest BCUT2D eigenvalue weighted by atomic mass is 19.4. The number of phenols is 2. The van der Waals surface area contributed by atoms with Crippen molar-refractivity contribution in [1.82, 2.24) is 5.32 Å². The molecule has 0 heterocycles. The van der Waals surface area contributed by atoms with Crippen molar-refractivity contribution in [3.8, 4) is 11.5 Å². The molecule has 0 radical (unpaired) electrons. The van der Waals surface area contributed by atoms with E-state index < -0.39 is 29.1 Å². The number of carbonyl (C=O) groups is 1. The summed E-state index contributed by atoms with van der Waals surface area (Å²) in [6, 6.07) is 1.60. The van der Waals surface area contributed by atoms with E-state index in [1.807, 2.05) is 13.8 Å². The van der Waals surface area contributed by atoms with Gasteiger partial charge < -0.3 is 15.5 Å². The molecule has 0 aliphatic heterocycles. The zero-order valence-electron chi connectivity index (χ0n) is 11.5. The number of carbonyl (C=O) groups excluding carboxylic acids is 1. The number of benzene rings is 1. The minimum atomic E-state index is -4.80. The Kier molecular flexibility index (Phi) is 5.23. The predicted octanol–water partition coefficient (Wildman–Crippen LogP) is 2.90. The molecular formula is C14H16F3NO3. The zero-order valence-corrected chi connectivity index (χ0v) is 11.5. The standard InChI is InChI=1S/C14H16F3NO3/c1-8(2)7-18-12(20)4-3-9-5-10(14(15,16)17)13(21)11(19)6-9/h3-6,8,19,21H,7H2,1-2H3,(H,18,20)/b4-3+. The Balaban J connectivity index is 2.95. The molecule has 0 aromatic heterocycles. The number of hydrogen-bond acceptors (Lipinski definition) is 3. The van der Waals surface area contributed by atoms with Crippen LogP contribution in [0.1, 0.15) is 25.0 Å². The summed E-state index contributed by atoms with van der Waals surface area (Å²) in [6.07, 6.45) is -2.61. The second-order valence-corrected chi connectivity index (χ2v) is 4.91. The molecule has 1 amide bonds. The second-order valence-electron chi connectivity index (χ2n) is 4.91. The number of halogens is 3. The highest BCUT2D eigenvalue weighted by molar-refractivity contribution is 5.91. The average Bonchev–Trinajstić information content (AvgIpc) is 2.36. The van der Waals surface area contributed by atoms with Crippen molar-refractivity contribution in [1.29, 1.82) is 0 Å². The van der Waals surface area contributed by atoms with Crippen LogP contribution >= 0.6 is 0 Å². The second kappa shape index (κ2) is 6.51. The SMILES string of the molecule is CC(C)CNC(=O)/C=C/c1cc(O)c(O)c(C(F)(F)F)c1. The van der Waals surface area contributed by atoms with E-state index in [9.17, 15) is 28.2 Å². The molecule has 3 N–H and O–H groups in total. The molecule has 0 fully saturated rings. The van der Waals surface area contributed by atoms with Crippen LogP contribution in [0.25, 0.3) is 6.08 Å². The number of aromatic hydroxyl groups is 2. The Labute approximate surface area is 119 Å². The maximum atomic E-state index is 12.6. The molecule has 1 aromatic carbocycles. The van der Waals surface area contributed by atoms with Gasteiger partial charge in [-0.2, -0.15) is 13.2 Å². The topological polar surface area (TPSA) is 69.6 Å². The van der Waals surface area contributed by atoms with Gasteiger partial charge in [0.15, 0.2) is 11.5 Å². The van der Waals surface area contributed by atoms with Crippen LogP contribution in [-0.2, 0) is 11.0 Å². The third-order valence-electron chi connectivity index (χ3n) is 2.53. The van der Waals surface area contributed by atoms with Crippen LogP contribution < -0.4 is 5.32 Å².